The van der Waals surface area contributed by atoms with E-state index in [2.05, 4.69) is 5.32 Å². The predicted octanol–water partition coefficient (Wildman–Crippen LogP) is 3.31. The highest BCUT2D eigenvalue weighted by Crippen LogP contribution is 2.29. The molecule has 2 aromatic heterocycles. The Morgan fingerprint density at radius 1 is 1.11 bits per heavy atom. The lowest BCUT2D eigenvalue weighted by molar-refractivity contribution is -0.105. The Balaban J connectivity index is 2.26. The quantitative estimate of drug-likeness (QED) is 0.715. The standard InChI is InChI=1S/C15H11FN2O/c16-12-5-3-4-11(8-12)15-9-13(17-10-19)14-6-1-2-7-18(14)15/h1-10H,(H,17,19). The molecule has 0 radical (unpaired) electrons. The van der Waals surface area contributed by atoms with Crippen LogP contribution in [0.2, 0.25) is 0 Å². The highest BCUT2D eigenvalue weighted by Gasteiger charge is 2.10. The number of halogens is 1. The van der Waals surface area contributed by atoms with Crippen molar-refractivity contribution in [2.75, 3.05) is 5.32 Å². The molecular weight excluding hydrogens is 243 g/mol. The fourth-order valence-electron chi connectivity index (χ4n) is 2.20. The van der Waals surface area contributed by atoms with Crippen LogP contribution in [-0.2, 0) is 4.79 Å². The maximum Gasteiger partial charge on any atom is 0.211 e. The second kappa shape index (κ2) is 4.57. The summed E-state index contributed by atoms with van der Waals surface area (Å²) in [6.07, 6.45) is 2.52. The number of fused-ring (bicyclic) bond motifs is 1. The van der Waals surface area contributed by atoms with Gasteiger partial charge in [0.15, 0.2) is 0 Å². The maximum absolute atomic E-state index is 13.3. The Morgan fingerprint density at radius 3 is 2.79 bits per heavy atom. The zero-order valence-electron chi connectivity index (χ0n) is 10.0. The van der Waals surface area contributed by atoms with E-state index < -0.39 is 0 Å². The first-order chi connectivity index (χ1) is 9.29. The molecular formula is C15H11FN2O. The number of carbonyl (C=O) groups is 1. The number of hydrogen-bond acceptors (Lipinski definition) is 1. The van der Waals surface area contributed by atoms with Gasteiger partial charge in [-0.1, -0.05) is 18.2 Å². The van der Waals surface area contributed by atoms with E-state index in [1.807, 2.05) is 40.9 Å². The Morgan fingerprint density at radius 2 is 2.00 bits per heavy atom. The number of hydrogen-bond donors (Lipinski definition) is 1. The molecule has 0 aliphatic carbocycles. The van der Waals surface area contributed by atoms with Crippen LogP contribution in [0.15, 0.2) is 54.7 Å². The smallest absolute Gasteiger partial charge is 0.211 e. The van der Waals surface area contributed by atoms with Gasteiger partial charge >= 0.3 is 0 Å². The van der Waals surface area contributed by atoms with E-state index in [-0.39, 0.29) is 5.82 Å². The number of aromatic nitrogens is 1. The van der Waals surface area contributed by atoms with E-state index >= 15 is 0 Å². The number of nitrogens with one attached hydrogen (secondary N) is 1. The monoisotopic (exact) mass is 254 g/mol. The van der Waals surface area contributed by atoms with Crippen molar-refractivity contribution in [1.82, 2.24) is 4.40 Å². The second-order valence-corrected chi connectivity index (χ2v) is 4.17. The van der Waals surface area contributed by atoms with Gasteiger partial charge < -0.3 is 9.72 Å². The average Bonchev–Trinajstić information content (AvgIpc) is 2.79. The molecule has 0 spiro atoms. The molecule has 0 aliphatic heterocycles. The summed E-state index contributed by atoms with van der Waals surface area (Å²) in [5.74, 6) is -0.284. The fraction of sp³-hybridized carbons (Fsp3) is 0. The highest BCUT2D eigenvalue weighted by molar-refractivity contribution is 5.88. The van der Waals surface area contributed by atoms with E-state index in [4.69, 9.17) is 0 Å². The van der Waals surface area contributed by atoms with E-state index in [9.17, 15) is 9.18 Å². The van der Waals surface area contributed by atoms with Crippen LogP contribution < -0.4 is 5.32 Å². The molecule has 1 amide bonds. The molecule has 94 valence electrons. The number of pyridine rings is 1. The van der Waals surface area contributed by atoms with Crippen molar-refractivity contribution in [1.29, 1.82) is 0 Å². The number of nitrogens with zero attached hydrogens (tertiary/aromatic N) is 1. The van der Waals surface area contributed by atoms with Crippen molar-refractivity contribution < 1.29 is 9.18 Å². The molecule has 0 fully saturated rings. The van der Waals surface area contributed by atoms with Crippen LogP contribution in [0, 0.1) is 5.82 Å². The summed E-state index contributed by atoms with van der Waals surface area (Å²) in [7, 11) is 0. The minimum absolute atomic E-state index is 0.284. The van der Waals surface area contributed by atoms with Gasteiger partial charge in [0.25, 0.3) is 0 Å². The molecule has 1 aromatic carbocycles. The zero-order chi connectivity index (χ0) is 13.2. The Hall–Kier alpha value is -2.62. The van der Waals surface area contributed by atoms with E-state index in [0.717, 1.165) is 16.8 Å². The first kappa shape index (κ1) is 11.5. The Kier molecular flexibility index (Phi) is 2.76. The first-order valence-corrected chi connectivity index (χ1v) is 5.86. The fourth-order valence-corrected chi connectivity index (χ4v) is 2.20. The minimum Gasteiger partial charge on any atom is -0.327 e. The Bertz CT molecular complexity index is 749. The van der Waals surface area contributed by atoms with Gasteiger partial charge in [0.2, 0.25) is 6.41 Å². The molecule has 3 nitrogen and oxygen atoms in total. The van der Waals surface area contributed by atoms with Crippen molar-refractivity contribution in [2.24, 2.45) is 0 Å². The van der Waals surface area contributed by atoms with Crippen LogP contribution in [0.1, 0.15) is 0 Å². The molecule has 2 heterocycles. The second-order valence-electron chi connectivity index (χ2n) is 4.17. The summed E-state index contributed by atoms with van der Waals surface area (Å²) in [4.78, 5) is 10.6. The molecule has 0 atom stereocenters. The van der Waals surface area contributed by atoms with Crippen LogP contribution in [0.3, 0.4) is 0 Å². The number of anilines is 1. The molecule has 3 aromatic rings. The van der Waals surface area contributed by atoms with Crippen LogP contribution in [0.25, 0.3) is 16.8 Å². The van der Waals surface area contributed by atoms with Gasteiger partial charge in [0, 0.05) is 11.8 Å². The van der Waals surface area contributed by atoms with E-state index in [1.54, 1.807) is 6.07 Å². The van der Waals surface area contributed by atoms with Crippen LogP contribution in [-0.4, -0.2) is 10.8 Å². The number of rotatable bonds is 3. The summed E-state index contributed by atoms with van der Waals surface area (Å²) in [5, 5.41) is 2.66. The van der Waals surface area contributed by atoms with Crippen molar-refractivity contribution in [2.45, 2.75) is 0 Å². The van der Waals surface area contributed by atoms with Gasteiger partial charge in [0.1, 0.15) is 5.82 Å². The average molecular weight is 254 g/mol. The molecule has 0 saturated heterocycles. The van der Waals surface area contributed by atoms with Crippen LogP contribution in [0.5, 0.6) is 0 Å². The van der Waals surface area contributed by atoms with Gasteiger partial charge in [-0.05, 0) is 30.3 Å². The van der Waals surface area contributed by atoms with Gasteiger partial charge in [-0.25, -0.2) is 4.39 Å². The zero-order valence-corrected chi connectivity index (χ0v) is 10.0. The summed E-state index contributed by atoms with van der Waals surface area (Å²) in [6, 6.07) is 13.9. The first-order valence-electron chi connectivity index (χ1n) is 5.86. The molecule has 1 N–H and O–H groups in total. The number of carbonyl (C=O) groups excluding carboxylic acids is 1. The number of benzene rings is 1. The molecule has 0 aliphatic rings. The SMILES string of the molecule is O=CNc1cc(-c2cccc(F)c2)n2ccccc12. The van der Waals surface area contributed by atoms with Crippen molar-refractivity contribution >= 4 is 17.6 Å². The molecule has 19 heavy (non-hydrogen) atoms. The van der Waals surface area contributed by atoms with E-state index in [0.29, 0.717) is 12.1 Å². The molecule has 0 bridgehead atoms. The summed E-state index contributed by atoms with van der Waals surface area (Å²) < 4.78 is 15.2. The third-order valence-electron chi connectivity index (χ3n) is 3.01. The lowest BCUT2D eigenvalue weighted by Gasteiger charge is -2.02. The maximum atomic E-state index is 13.3. The summed E-state index contributed by atoms with van der Waals surface area (Å²) in [5.41, 5.74) is 3.17. The molecule has 4 heteroatoms. The normalized spacial score (nSPS) is 10.6. The lowest BCUT2D eigenvalue weighted by atomic mass is 10.1. The number of amides is 1. The molecule has 3 rings (SSSR count). The Labute approximate surface area is 109 Å². The predicted molar refractivity (Wildman–Crippen MR) is 72.5 cm³/mol. The van der Waals surface area contributed by atoms with Gasteiger partial charge in [-0.15, -0.1) is 0 Å². The van der Waals surface area contributed by atoms with Gasteiger partial charge in [0.05, 0.1) is 16.9 Å². The van der Waals surface area contributed by atoms with Crippen molar-refractivity contribution in [3.8, 4) is 11.3 Å². The minimum atomic E-state index is -0.284. The van der Waals surface area contributed by atoms with Crippen molar-refractivity contribution in [3.05, 3.63) is 60.5 Å². The third kappa shape index (κ3) is 1.97. The van der Waals surface area contributed by atoms with Crippen molar-refractivity contribution in [3.63, 3.8) is 0 Å². The van der Waals surface area contributed by atoms with Crippen LogP contribution >= 0.6 is 0 Å². The topological polar surface area (TPSA) is 33.5 Å². The highest BCUT2D eigenvalue weighted by atomic mass is 19.1. The van der Waals surface area contributed by atoms with E-state index in [1.165, 1.54) is 12.1 Å². The van der Waals surface area contributed by atoms with Crippen LogP contribution in [0.4, 0.5) is 10.1 Å². The molecule has 0 saturated carbocycles. The summed E-state index contributed by atoms with van der Waals surface area (Å²) >= 11 is 0. The lowest BCUT2D eigenvalue weighted by Crippen LogP contribution is -1.92. The largest absolute Gasteiger partial charge is 0.327 e. The van der Waals surface area contributed by atoms with Gasteiger partial charge in [-0.2, -0.15) is 0 Å². The van der Waals surface area contributed by atoms with Gasteiger partial charge in [-0.3, -0.25) is 4.79 Å². The third-order valence-corrected chi connectivity index (χ3v) is 3.01. The summed E-state index contributed by atoms with van der Waals surface area (Å²) in [6.45, 7) is 0. The molecule has 0 unspecified atom stereocenters.